The Labute approximate surface area is 111 Å². The zero-order valence-electron chi connectivity index (χ0n) is 11.1. The highest BCUT2D eigenvalue weighted by Gasteiger charge is 2.22. The van der Waals surface area contributed by atoms with Gasteiger partial charge in [-0.25, -0.2) is 0 Å². The summed E-state index contributed by atoms with van der Waals surface area (Å²) in [6, 6.07) is 4.44. The molecule has 0 aliphatic rings. The molecule has 1 amide bonds. The number of hydrogen-bond donors (Lipinski definition) is 1. The van der Waals surface area contributed by atoms with Crippen LogP contribution in [0.15, 0.2) is 18.2 Å². The molecular formula is C12H17N3O4. The fourth-order valence-electron chi connectivity index (χ4n) is 1.54. The molecule has 1 aromatic carbocycles. The van der Waals surface area contributed by atoms with Gasteiger partial charge in [0.05, 0.1) is 4.92 Å². The van der Waals surface area contributed by atoms with Crippen LogP contribution in [0.5, 0.6) is 5.75 Å². The smallest absolute Gasteiger partial charge is 0.311 e. The van der Waals surface area contributed by atoms with Gasteiger partial charge in [0.15, 0.2) is 11.9 Å². The summed E-state index contributed by atoms with van der Waals surface area (Å²) in [6.07, 6.45) is -0.794. The highest BCUT2D eigenvalue weighted by molar-refractivity contribution is 5.80. The number of nitrogens with zero attached hydrogens (tertiary/aromatic N) is 2. The van der Waals surface area contributed by atoms with Crippen LogP contribution in [0.4, 0.5) is 5.69 Å². The molecule has 0 spiro atoms. The fraction of sp³-hybridized carbons (Fsp3) is 0.417. The predicted octanol–water partition coefficient (Wildman–Crippen LogP) is 0.909. The molecule has 0 aliphatic heterocycles. The summed E-state index contributed by atoms with van der Waals surface area (Å²) < 4.78 is 5.36. The van der Waals surface area contributed by atoms with E-state index < -0.39 is 11.0 Å². The molecule has 104 valence electrons. The number of nitrogens with two attached hydrogens (primary N) is 1. The van der Waals surface area contributed by atoms with Crippen LogP contribution in [0.2, 0.25) is 0 Å². The average Bonchev–Trinajstić information content (AvgIpc) is 2.37. The van der Waals surface area contributed by atoms with E-state index in [2.05, 4.69) is 0 Å². The molecule has 7 heteroatoms. The molecule has 7 nitrogen and oxygen atoms in total. The van der Waals surface area contributed by atoms with Crippen molar-refractivity contribution in [3.8, 4) is 5.75 Å². The Morgan fingerprint density at radius 2 is 2.16 bits per heavy atom. The molecule has 1 atom stereocenters. The lowest BCUT2D eigenvalue weighted by Crippen LogP contribution is -2.35. The molecule has 1 unspecified atom stereocenters. The molecule has 0 saturated carbocycles. The lowest BCUT2D eigenvalue weighted by atomic mass is 10.2. The minimum absolute atomic E-state index is 0.0601. The summed E-state index contributed by atoms with van der Waals surface area (Å²) in [6.45, 7) is 1.75. The van der Waals surface area contributed by atoms with Gasteiger partial charge in [-0.3, -0.25) is 14.9 Å². The first-order valence-electron chi connectivity index (χ1n) is 5.72. The number of rotatable bonds is 5. The van der Waals surface area contributed by atoms with E-state index in [4.69, 9.17) is 10.5 Å². The predicted molar refractivity (Wildman–Crippen MR) is 69.8 cm³/mol. The lowest BCUT2D eigenvalue weighted by molar-refractivity contribution is -0.386. The van der Waals surface area contributed by atoms with E-state index in [0.717, 1.165) is 0 Å². The van der Waals surface area contributed by atoms with E-state index in [1.165, 1.54) is 17.0 Å². The van der Waals surface area contributed by atoms with Gasteiger partial charge in [0, 0.05) is 26.7 Å². The van der Waals surface area contributed by atoms with Gasteiger partial charge >= 0.3 is 5.69 Å². The first-order chi connectivity index (χ1) is 8.86. The van der Waals surface area contributed by atoms with E-state index in [1.54, 1.807) is 27.1 Å². The Bertz CT molecular complexity index is 488. The Balaban J connectivity index is 3.01. The van der Waals surface area contributed by atoms with E-state index in [9.17, 15) is 14.9 Å². The van der Waals surface area contributed by atoms with Gasteiger partial charge in [-0.05, 0) is 18.6 Å². The molecule has 1 aromatic rings. The number of nitro groups is 1. The minimum atomic E-state index is -0.794. The van der Waals surface area contributed by atoms with Crippen LogP contribution >= 0.6 is 0 Å². The first-order valence-corrected chi connectivity index (χ1v) is 5.72. The van der Waals surface area contributed by atoms with Gasteiger partial charge in [0.25, 0.3) is 5.91 Å². The Morgan fingerprint density at radius 1 is 1.53 bits per heavy atom. The van der Waals surface area contributed by atoms with Crippen molar-refractivity contribution in [2.75, 3.05) is 14.1 Å². The van der Waals surface area contributed by atoms with Gasteiger partial charge in [-0.1, -0.05) is 6.07 Å². The van der Waals surface area contributed by atoms with Gasteiger partial charge in [-0.2, -0.15) is 0 Å². The average molecular weight is 267 g/mol. The zero-order valence-corrected chi connectivity index (χ0v) is 11.1. The van der Waals surface area contributed by atoms with Gasteiger partial charge < -0.3 is 15.4 Å². The SMILES string of the molecule is CC(Oc1ccc(CN)cc1[N+](=O)[O-])C(=O)N(C)C. The number of ether oxygens (including phenoxy) is 1. The van der Waals surface area contributed by atoms with Crippen molar-refractivity contribution >= 4 is 11.6 Å². The minimum Gasteiger partial charge on any atom is -0.474 e. The topological polar surface area (TPSA) is 98.7 Å². The summed E-state index contributed by atoms with van der Waals surface area (Å²) in [5.41, 5.74) is 5.87. The van der Waals surface area contributed by atoms with Crippen molar-refractivity contribution in [2.45, 2.75) is 19.6 Å². The highest BCUT2D eigenvalue weighted by atomic mass is 16.6. The van der Waals surface area contributed by atoms with Crippen LogP contribution < -0.4 is 10.5 Å². The van der Waals surface area contributed by atoms with Gasteiger partial charge in [0.2, 0.25) is 0 Å². The molecule has 0 radical (unpaired) electrons. The fourth-order valence-corrected chi connectivity index (χ4v) is 1.54. The molecule has 0 bridgehead atoms. The van der Waals surface area contributed by atoms with E-state index in [-0.39, 0.29) is 23.9 Å². The lowest BCUT2D eigenvalue weighted by Gasteiger charge is -2.18. The number of likely N-dealkylation sites (N-methyl/N-ethyl adjacent to an activating group) is 1. The molecule has 0 heterocycles. The number of carbonyl (C=O) groups is 1. The second kappa shape index (κ2) is 6.14. The number of benzene rings is 1. The molecule has 2 N–H and O–H groups in total. The van der Waals surface area contributed by atoms with E-state index in [0.29, 0.717) is 5.56 Å². The number of hydrogen-bond acceptors (Lipinski definition) is 5. The quantitative estimate of drug-likeness (QED) is 0.631. The summed E-state index contributed by atoms with van der Waals surface area (Å²) >= 11 is 0. The monoisotopic (exact) mass is 267 g/mol. The van der Waals surface area contributed by atoms with Gasteiger partial charge in [-0.15, -0.1) is 0 Å². The third-order valence-electron chi connectivity index (χ3n) is 2.55. The maximum Gasteiger partial charge on any atom is 0.311 e. The van der Waals surface area contributed by atoms with Crippen molar-refractivity contribution < 1.29 is 14.5 Å². The largest absolute Gasteiger partial charge is 0.474 e. The molecule has 0 saturated heterocycles. The van der Waals surface area contributed by atoms with Crippen molar-refractivity contribution in [1.29, 1.82) is 0 Å². The first kappa shape index (κ1) is 14.9. The van der Waals surface area contributed by atoms with Crippen LogP contribution in [0.3, 0.4) is 0 Å². The van der Waals surface area contributed by atoms with Crippen molar-refractivity contribution in [1.82, 2.24) is 4.90 Å². The summed E-state index contributed by atoms with van der Waals surface area (Å²) in [5.74, 6) is -0.206. The third kappa shape index (κ3) is 3.65. The van der Waals surface area contributed by atoms with E-state index in [1.807, 2.05) is 0 Å². The summed E-state index contributed by atoms with van der Waals surface area (Å²) in [7, 11) is 3.18. The maximum absolute atomic E-state index is 11.7. The van der Waals surface area contributed by atoms with E-state index >= 15 is 0 Å². The van der Waals surface area contributed by atoms with Crippen molar-refractivity contribution in [3.05, 3.63) is 33.9 Å². The molecule has 1 rings (SSSR count). The molecular weight excluding hydrogens is 250 g/mol. The third-order valence-corrected chi connectivity index (χ3v) is 2.55. The zero-order chi connectivity index (χ0) is 14.6. The molecule has 0 aliphatic carbocycles. The summed E-state index contributed by atoms with van der Waals surface area (Å²) in [5, 5.41) is 11.0. The molecule has 19 heavy (non-hydrogen) atoms. The second-order valence-electron chi connectivity index (χ2n) is 4.26. The van der Waals surface area contributed by atoms with Crippen molar-refractivity contribution in [2.24, 2.45) is 5.73 Å². The van der Waals surface area contributed by atoms with Crippen LogP contribution in [-0.4, -0.2) is 35.9 Å². The summed E-state index contributed by atoms with van der Waals surface area (Å²) in [4.78, 5) is 23.4. The van der Waals surface area contributed by atoms with Crippen LogP contribution in [0, 0.1) is 10.1 Å². The number of carbonyl (C=O) groups excluding carboxylic acids is 1. The Morgan fingerprint density at radius 3 is 2.63 bits per heavy atom. The van der Waals surface area contributed by atoms with Crippen molar-refractivity contribution in [3.63, 3.8) is 0 Å². The second-order valence-corrected chi connectivity index (χ2v) is 4.26. The number of nitro benzene ring substituents is 1. The maximum atomic E-state index is 11.7. The highest BCUT2D eigenvalue weighted by Crippen LogP contribution is 2.28. The standard InChI is InChI=1S/C12H17N3O4/c1-8(12(16)14(2)3)19-11-5-4-9(7-13)6-10(11)15(17)18/h4-6,8H,7,13H2,1-3H3. The normalized spacial score (nSPS) is 11.8. The Hall–Kier alpha value is -2.15. The molecule has 0 aromatic heterocycles. The van der Waals surface area contributed by atoms with Gasteiger partial charge in [0.1, 0.15) is 0 Å². The Kier molecular flexibility index (Phi) is 4.82. The molecule has 0 fully saturated rings. The number of amides is 1. The van der Waals surface area contributed by atoms with Crippen LogP contribution in [0.25, 0.3) is 0 Å². The van der Waals surface area contributed by atoms with Crippen LogP contribution in [-0.2, 0) is 11.3 Å². The van der Waals surface area contributed by atoms with Crippen LogP contribution in [0.1, 0.15) is 12.5 Å².